The maximum atomic E-state index is 11.2. The molecule has 1 aromatic heterocycles. The van der Waals surface area contributed by atoms with Gasteiger partial charge in [0.15, 0.2) is 0 Å². The Morgan fingerprint density at radius 3 is 2.82 bits per heavy atom. The van der Waals surface area contributed by atoms with E-state index < -0.39 is 0 Å². The maximum Gasteiger partial charge on any atom is 0.323 e. The molecule has 1 fully saturated rings. The molecule has 1 atom stereocenters. The molecule has 1 aromatic carbocycles. The van der Waals surface area contributed by atoms with Gasteiger partial charge in [0, 0.05) is 16.3 Å². The molecule has 0 amide bonds. The van der Waals surface area contributed by atoms with Crippen LogP contribution in [0.2, 0.25) is 0 Å². The number of imidazole rings is 1. The smallest absolute Gasteiger partial charge is 0.323 e. The van der Waals surface area contributed by atoms with Crippen LogP contribution in [0.5, 0.6) is 0 Å². The summed E-state index contributed by atoms with van der Waals surface area (Å²) in [6.07, 6.45) is 1.19. The van der Waals surface area contributed by atoms with Crippen LogP contribution in [0.15, 0.2) is 21.4 Å². The Hall–Kier alpha value is -0.880. The SMILES string of the molecule is O=c1[nH]c2cc(Br)c(NC3CCSC3)cc2[nH]1. The Morgan fingerprint density at radius 2 is 2.12 bits per heavy atom. The molecule has 1 aliphatic heterocycles. The number of thioether (sulfide) groups is 1. The number of fused-ring (bicyclic) bond motifs is 1. The highest BCUT2D eigenvalue weighted by molar-refractivity contribution is 9.10. The van der Waals surface area contributed by atoms with E-state index in [1.54, 1.807) is 0 Å². The molecule has 6 heteroatoms. The van der Waals surface area contributed by atoms with Crippen LogP contribution in [0.3, 0.4) is 0 Å². The van der Waals surface area contributed by atoms with E-state index in [4.69, 9.17) is 0 Å². The van der Waals surface area contributed by atoms with E-state index in [1.165, 1.54) is 12.2 Å². The fourth-order valence-corrected chi connectivity index (χ4v) is 3.65. The first-order valence-electron chi connectivity index (χ1n) is 5.48. The third-order valence-corrected chi connectivity index (χ3v) is 4.71. The number of anilines is 1. The predicted molar refractivity (Wildman–Crippen MR) is 76.0 cm³/mol. The van der Waals surface area contributed by atoms with E-state index >= 15 is 0 Å². The average Bonchev–Trinajstić information content (AvgIpc) is 2.87. The lowest BCUT2D eigenvalue weighted by Crippen LogP contribution is -2.18. The van der Waals surface area contributed by atoms with E-state index in [1.807, 2.05) is 23.9 Å². The number of aromatic nitrogens is 2. The standard InChI is InChI=1S/C11H12BrN3OS/c12-7-3-9-10(15-11(16)14-9)4-8(7)13-6-1-2-17-5-6/h3-4,6,13H,1-2,5H2,(H2,14,15,16). The molecule has 1 saturated heterocycles. The molecule has 0 aliphatic carbocycles. The van der Waals surface area contributed by atoms with Crippen molar-refractivity contribution in [3.05, 3.63) is 27.1 Å². The van der Waals surface area contributed by atoms with Crippen LogP contribution in [-0.2, 0) is 0 Å². The predicted octanol–water partition coefficient (Wildman–Crippen LogP) is 2.54. The Morgan fingerprint density at radius 1 is 1.35 bits per heavy atom. The second-order valence-electron chi connectivity index (χ2n) is 4.16. The summed E-state index contributed by atoms with van der Waals surface area (Å²) in [6.45, 7) is 0. The summed E-state index contributed by atoms with van der Waals surface area (Å²) < 4.78 is 0.983. The van der Waals surface area contributed by atoms with Gasteiger partial charge in [0.05, 0.1) is 16.7 Å². The van der Waals surface area contributed by atoms with Crippen molar-refractivity contribution in [2.24, 2.45) is 0 Å². The minimum Gasteiger partial charge on any atom is -0.380 e. The zero-order chi connectivity index (χ0) is 11.8. The summed E-state index contributed by atoms with van der Waals surface area (Å²) in [4.78, 5) is 16.7. The van der Waals surface area contributed by atoms with Crippen molar-refractivity contribution in [3.63, 3.8) is 0 Å². The molecule has 3 N–H and O–H groups in total. The Kier molecular flexibility index (Phi) is 2.92. The van der Waals surface area contributed by atoms with Crippen LogP contribution < -0.4 is 11.0 Å². The highest BCUT2D eigenvalue weighted by Gasteiger charge is 2.16. The zero-order valence-electron chi connectivity index (χ0n) is 9.05. The minimum atomic E-state index is -0.166. The molecule has 2 aromatic rings. The van der Waals surface area contributed by atoms with Gasteiger partial charge < -0.3 is 15.3 Å². The van der Waals surface area contributed by atoms with Gasteiger partial charge in [-0.2, -0.15) is 11.8 Å². The molecule has 1 aliphatic rings. The van der Waals surface area contributed by atoms with E-state index in [0.717, 1.165) is 26.9 Å². The van der Waals surface area contributed by atoms with Crippen LogP contribution in [0.25, 0.3) is 11.0 Å². The summed E-state index contributed by atoms with van der Waals surface area (Å²) in [5.74, 6) is 2.37. The number of benzene rings is 1. The first-order chi connectivity index (χ1) is 8.22. The lowest BCUT2D eigenvalue weighted by atomic mass is 10.2. The van der Waals surface area contributed by atoms with Gasteiger partial charge in [-0.3, -0.25) is 0 Å². The van der Waals surface area contributed by atoms with Gasteiger partial charge in [0.25, 0.3) is 0 Å². The largest absolute Gasteiger partial charge is 0.380 e. The highest BCUT2D eigenvalue weighted by atomic mass is 79.9. The summed E-state index contributed by atoms with van der Waals surface area (Å²) >= 11 is 5.50. The first kappa shape index (κ1) is 11.2. The van der Waals surface area contributed by atoms with Gasteiger partial charge >= 0.3 is 5.69 Å². The van der Waals surface area contributed by atoms with Crippen molar-refractivity contribution in [2.75, 3.05) is 16.8 Å². The molecule has 0 spiro atoms. The van der Waals surface area contributed by atoms with Gasteiger partial charge in [-0.25, -0.2) is 4.79 Å². The van der Waals surface area contributed by atoms with E-state index in [9.17, 15) is 4.79 Å². The summed E-state index contributed by atoms with van der Waals surface area (Å²) in [5, 5.41) is 3.51. The number of hydrogen-bond donors (Lipinski definition) is 3. The van der Waals surface area contributed by atoms with Crippen molar-refractivity contribution in [2.45, 2.75) is 12.5 Å². The maximum absolute atomic E-state index is 11.2. The number of halogens is 1. The Balaban J connectivity index is 1.97. The molecule has 17 heavy (non-hydrogen) atoms. The van der Waals surface area contributed by atoms with E-state index in [-0.39, 0.29) is 5.69 Å². The quantitative estimate of drug-likeness (QED) is 0.798. The van der Waals surface area contributed by atoms with Gasteiger partial charge in [-0.15, -0.1) is 0 Å². The Bertz CT molecular complexity index is 600. The molecule has 0 radical (unpaired) electrons. The molecular formula is C11H12BrN3OS. The van der Waals surface area contributed by atoms with Crippen molar-refractivity contribution in [3.8, 4) is 0 Å². The van der Waals surface area contributed by atoms with Crippen molar-refractivity contribution < 1.29 is 0 Å². The van der Waals surface area contributed by atoms with Crippen LogP contribution >= 0.6 is 27.7 Å². The number of nitrogens with one attached hydrogen (secondary N) is 3. The monoisotopic (exact) mass is 313 g/mol. The fraction of sp³-hybridized carbons (Fsp3) is 0.364. The average molecular weight is 314 g/mol. The fourth-order valence-electron chi connectivity index (χ4n) is 2.03. The van der Waals surface area contributed by atoms with Crippen LogP contribution in [-0.4, -0.2) is 27.5 Å². The molecule has 0 saturated carbocycles. The molecule has 1 unspecified atom stereocenters. The van der Waals surface area contributed by atoms with Crippen molar-refractivity contribution in [1.29, 1.82) is 0 Å². The number of rotatable bonds is 2. The first-order valence-corrected chi connectivity index (χ1v) is 7.43. The van der Waals surface area contributed by atoms with Gasteiger partial charge in [-0.05, 0) is 40.2 Å². The van der Waals surface area contributed by atoms with Crippen molar-refractivity contribution in [1.82, 2.24) is 9.97 Å². The summed E-state index contributed by atoms with van der Waals surface area (Å²) in [7, 11) is 0. The number of H-pyrrole nitrogens is 2. The third-order valence-electron chi connectivity index (χ3n) is 2.89. The molecular weight excluding hydrogens is 302 g/mol. The third kappa shape index (κ3) is 2.24. The molecule has 90 valence electrons. The highest BCUT2D eigenvalue weighted by Crippen LogP contribution is 2.29. The topological polar surface area (TPSA) is 60.7 Å². The number of aromatic amines is 2. The van der Waals surface area contributed by atoms with Gasteiger partial charge in [0.2, 0.25) is 0 Å². The van der Waals surface area contributed by atoms with E-state index in [0.29, 0.717) is 6.04 Å². The second-order valence-corrected chi connectivity index (χ2v) is 6.17. The zero-order valence-corrected chi connectivity index (χ0v) is 11.5. The van der Waals surface area contributed by atoms with Crippen LogP contribution in [0.4, 0.5) is 5.69 Å². The normalized spacial score (nSPS) is 19.9. The molecule has 3 rings (SSSR count). The lowest BCUT2D eigenvalue weighted by Gasteiger charge is -2.14. The van der Waals surface area contributed by atoms with Gasteiger partial charge in [-0.1, -0.05) is 0 Å². The minimum absolute atomic E-state index is 0.166. The van der Waals surface area contributed by atoms with E-state index in [2.05, 4.69) is 31.2 Å². The lowest BCUT2D eigenvalue weighted by molar-refractivity contribution is 0.812. The number of hydrogen-bond acceptors (Lipinski definition) is 3. The second kappa shape index (κ2) is 4.42. The van der Waals surface area contributed by atoms with Gasteiger partial charge in [0.1, 0.15) is 0 Å². The van der Waals surface area contributed by atoms with Crippen LogP contribution in [0, 0.1) is 0 Å². The Labute approximate surface area is 111 Å². The van der Waals surface area contributed by atoms with Crippen molar-refractivity contribution >= 4 is 44.4 Å². The summed E-state index contributed by atoms with van der Waals surface area (Å²) in [5.41, 5.74) is 2.54. The molecule has 0 bridgehead atoms. The van der Waals surface area contributed by atoms with Crippen LogP contribution in [0.1, 0.15) is 6.42 Å². The molecule has 2 heterocycles. The summed E-state index contributed by atoms with van der Waals surface area (Å²) in [6, 6.07) is 4.43. The molecule has 4 nitrogen and oxygen atoms in total.